The summed E-state index contributed by atoms with van der Waals surface area (Å²) in [6, 6.07) is 16.4. The molecule has 7 heteroatoms. The summed E-state index contributed by atoms with van der Waals surface area (Å²) < 4.78 is 7.64. The van der Waals surface area contributed by atoms with E-state index in [0.29, 0.717) is 13.0 Å². The van der Waals surface area contributed by atoms with Crippen LogP contribution in [0.1, 0.15) is 18.1 Å². The van der Waals surface area contributed by atoms with Gasteiger partial charge in [0.25, 0.3) is 5.56 Å². The minimum absolute atomic E-state index is 0.0726. The van der Waals surface area contributed by atoms with Crippen LogP contribution in [0.15, 0.2) is 71.8 Å². The Labute approximate surface area is 228 Å². The molecule has 2 aliphatic rings. The highest BCUT2D eigenvalue weighted by molar-refractivity contribution is 5.91. The number of piperazine rings is 1. The number of carbonyl (C=O) groups is 1. The van der Waals surface area contributed by atoms with Crippen molar-refractivity contribution >= 4 is 22.8 Å². The number of carbonyl (C=O) groups excluding carboxylic acids is 1. The van der Waals surface area contributed by atoms with Crippen molar-refractivity contribution in [1.82, 2.24) is 19.4 Å². The van der Waals surface area contributed by atoms with E-state index in [4.69, 9.17) is 9.72 Å². The Morgan fingerprint density at radius 1 is 0.974 bits per heavy atom. The monoisotopic (exact) mass is 520 g/mol. The second kappa shape index (κ2) is 10.2. The van der Waals surface area contributed by atoms with E-state index < -0.39 is 0 Å². The van der Waals surface area contributed by atoms with E-state index in [0.717, 1.165) is 69.7 Å². The van der Waals surface area contributed by atoms with Crippen LogP contribution in [0.3, 0.4) is 0 Å². The van der Waals surface area contributed by atoms with E-state index in [9.17, 15) is 9.59 Å². The van der Waals surface area contributed by atoms with E-state index in [1.165, 1.54) is 0 Å². The number of amides is 1. The molecule has 198 valence electrons. The minimum atomic E-state index is -0.108. The lowest BCUT2D eigenvalue weighted by molar-refractivity contribution is -0.139. The number of pyridine rings is 2. The number of rotatable bonds is 6. The van der Waals surface area contributed by atoms with Gasteiger partial charge in [0.2, 0.25) is 5.91 Å². The Morgan fingerprint density at radius 2 is 1.77 bits per heavy atom. The normalized spacial score (nSPS) is 17.2. The molecule has 7 nitrogen and oxygen atoms in total. The van der Waals surface area contributed by atoms with Crippen LogP contribution in [0, 0.1) is 0 Å². The molecular formula is C32H32N4O3. The average molecular weight is 521 g/mol. The second-order valence-electron chi connectivity index (χ2n) is 10.4. The Morgan fingerprint density at radius 3 is 2.59 bits per heavy atom. The zero-order valence-corrected chi connectivity index (χ0v) is 22.6. The van der Waals surface area contributed by atoms with Gasteiger partial charge in [-0.25, -0.2) is 0 Å². The molecule has 39 heavy (non-hydrogen) atoms. The van der Waals surface area contributed by atoms with Crippen molar-refractivity contribution in [2.45, 2.75) is 19.4 Å². The van der Waals surface area contributed by atoms with Gasteiger partial charge in [-0.1, -0.05) is 24.3 Å². The van der Waals surface area contributed by atoms with Gasteiger partial charge in [0.15, 0.2) is 0 Å². The first kappa shape index (κ1) is 25.1. The Balaban J connectivity index is 1.15. The van der Waals surface area contributed by atoms with Gasteiger partial charge in [0.05, 0.1) is 11.7 Å². The van der Waals surface area contributed by atoms with E-state index in [1.807, 2.05) is 57.7 Å². The van der Waals surface area contributed by atoms with E-state index in [-0.39, 0.29) is 17.5 Å². The van der Waals surface area contributed by atoms with Gasteiger partial charge in [0, 0.05) is 68.2 Å². The summed E-state index contributed by atoms with van der Waals surface area (Å²) in [5, 5.41) is 2.16. The zero-order valence-electron chi connectivity index (χ0n) is 22.6. The fourth-order valence-electron chi connectivity index (χ4n) is 5.56. The van der Waals surface area contributed by atoms with Crippen LogP contribution in [-0.2, 0) is 18.3 Å². The van der Waals surface area contributed by atoms with Crippen molar-refractivity contribution in [2.75, 3.05) is 33.3 Å². The number of benzene rings is 2. The molecule has 1 aliphatic heterocycles. The summed E-state index contributed by atoms with van der Waals surface area (Å²) in [7, 11) is 3.67. The molecule has 3 heterocycles. The second-order valence-corrected chi connectivity index (χ2v) is 10.4. The maximum absolute atomic E-state index is 12.5. The fraction of sp³-hybridized carbons (Fsp3) is 0.281. The first-order chi connectivity index (χ1) is 18.9. The topological polar surface area (TPSA) is 67.7 Å². The van der Waals surface area contributed by atoms with Gasteiger partial charge >= 0.3 is 0 Å². The van der Waals surface area contributed by atoms with Gasteiger partial charge in [0.1, 0.15) is 12.4 Å². The Kier molecular flexibility index (Phi) is 6.53. The van der Waals surface area contributed by atoms with E-state index in [2.05, 4.69) is 41.3 Å². The molecule has 2 aromatic heterocycles. The van der Waals surface area contributed by atoms with Crippen molar-refractivity contribution in [3.63, 3.8) is 0 Å². The van der Waals surface area contributed by atoms with Crippen LogP contribution in [0.2, 0.25) is 0 Å². The predicted molar refractivity (Wildman–Crippen MR) is 155 cm³/mol. The number of ether oxygens (including phenoxy) is 1. The molecule has 6 rings (SSSR count). The lowest BCUT2D eigenvalue weighted by Gasteiger charge is -2.37. The number of aromatic nitrogens is 2. The molecular weight excluding hydrogens is 488 g/mol. The van der Waals surface area contributed by atoms with Gasteiger partial charge in [-0.2, -0.15) is 0 Å². The van der Waals surface area contributed by atoms with Gasteiger partial charge < -0.3 is 14.2 Å². The molecule has 0 radical (unpaired) electrons. The number of fused-ring (bicyclic) bond motifs is 2. The Hall–Kier alpha value is -4.23. The van der Waals surface area contributed by atoms with Crippen molar-refractivity contribution in [1.29, 1.82) is 0 Å². The van der Waals surface area contributed by atoms with Gasteiger partial charge in [-0.05, 0) is 66.3 Å². The molecule has 1 saturated heterocycles. The highest BCUT2D eigenvalue weighted by Gasteiger charge is 2.28. The summed E-state index contributed by atoms with van der Waals surface area (Å²) in [6.45, 7) is 4.83. The summed E-state index contributed by atoms with van der Waals surface area (Å²) in [4.78, 5) is 33.4. The number of aryl methyl sites for hydroxylation is 1. The van der Waals surface area contributed by atoms with Crippen LogP contribution < -0.4 is 10.3 Å². The zero-order chi connectivity index (χ0) is 27.1. The van der Waals surface area contributed by atoms with Crippen molar-refractivity contribution in [3.8, 4) is 28.1 Å². The first-order valence-electron chi connectivity index (χ1n) is 13.4. The highest BCUT2D eigenvalue weighted by Crippen LogP contribution is 2.32. The van der Waals surface area contributed by atoms with Gasteiger partial charge in [-0.15, -0.1) is 0 Å². The highest BCUT2D eigenvalue weighted by atomic mass is 16.5. The standard InChI is InChI=1S/C32H32N4O3/c1-21-31(37)34(2)13-14-36(21)15-16-39-26-11-9-22(10-12-26)30-18-23-7-8-24(17-25(23)19-33-30)29-20-35(3)32(38)28-6-4-5-27(28)29/h4-5,7-12,17-21H,6,13-16H2,1-3H3/t21-/m1/s1. The SMILES string of the molecule is C[C@@H]1C(=O)N(C)CCN1CCOc1ccc(-c2cc3ccc(-c4cn(C)c(=O)c5c4C=CC5)cc3cn2)cc1. The molecule has 1 amide bonds. The smallest absolute Gasteiger partial charge is 0.254 e. The van der Waals surface area contributed by atoms with E-state index in [1.54, 1.807) is 9.47 Å². The largest absolute Gasteiger partial charge is 0.492 e. The molecule has 0 saturated carbocycles. The number of likely N-dealkylation sites (N-methyl/N-ethyl adjacent to an activating group) is 1. The minimum Gasteiger partial charge on any atom is -0.492 e. The first-order valence-corrected chi connectivity index (χ1v) is 13.4. The van der Waals surface area contributed by atoms with Crippen LogP contribution >= 0.6 is 0 Å². The van der Waals surface area contributed by atoms with Gasteiger partial charge in [-0.3, -0.25) is 19.5 Å². The quantitative estimate of drug-likeness (QED) is 0.378. The molecule has 1 atom stereocenters. The van der Waals surface area contributed by atoms with Crippen molar-refractivity contribution < 1.29 is 9.53 Å². The summed E-state index contributed by atoms with van der Waals surface area (Å²) in [5.41, 5.74) is 6.02. The molecule has 2 aromatic carbocycles. The molecule has 1 aliphatic carbocycles. The lowest BCUT2D eigenvalue weighted by atomic mass is 9.97. The predicted octanol–water partition coefficient (Wildman–Crippen LogP) is 4.38. The number of nitrogens with zero attached hydrogens (tertiary/aromatic N) is 4. The number of hydrogen-bond donors (Lipinski definition) is 0. The molecule has 4 aromatic rings. The molecule has 0 spiro atoms. The molecule has 0 unspecified atom stereocenters. The third-order valence-corrected chi connectivity index (χ3v) is 7.96. The maximum Gasteiger partial charge on any atom is 0.254 e. The average Bonchev–Trinajstić information content (AvgIpc) is 3.45. The Bertz CT molecular complexity index is 1660. The van der Waals surface area contributed by atoms with E-state index >= 15 is 0 Å². The number of hydrogen-bond acceptors (Lipinski definition) is 5. The van der Waals surface area contributed by atoms with Crippen molar-refractivity contribution in [3.05, 3.63) is 88.5 Å². The summed E-state index contributed by atoms with van der Waals surface area (Å²) in [6.07, 6.45) is 8.63. The molecule has 0 N–H and O–H groups in total. The van der Waals surface area contributed by atoms with Crippen molar-refractivity contribution in [2.24, 2.45) is 7.05 Å². The number of allylic oxidation sites excluding steroid dienone is 1. The third kappa shape index (κ3) is 4.74. The van der Waals surface area contributed by atoms with Crippen LogP contribution in [-0.4, -0.2) is 64.6 Å². The maximum atomic E-state index is 12.5. The third-order valence-electron chi connectivity index (χ3n) is 7.96. The van der Waals surface area contributed by atoms with Crippen LogP contribution in [0.5, 0.6) is 5.75 Å². The molecule has 1 fully saturated rings. The van der Waals surface area contributed by atoms with Crippen LogP contribution in [0.25, 0.3) is 39.2 Å². The summed E-state index contributed by atoms with van der Waals surface area (Å²) >= 11 is 0. The fourth-order valence-corrected chi connectivity index (χ4v) is 5.56. The molecule has 0 bridgehead atoms. The van der Waals surface area contributed by atoms with Crippen LogP contribution in [0.4, 0.5) is 0 Å². The lowest BCUT2D eigenvalue weighted by Crippen LogP contribution is -2.55. The summed E-state index contributed by atoms with van der Waals surface area (Å²) in [5.74, 6) is 0.966.